The van der Waals surface area contributed by atoms with E-state index in [1.54, 1.807) is 6.92 Å². The molecule has 1 heterocycles. The van der Waals surface area contributed by atoms with Gasteiger partial charge in [0.1, 0.15) is 6.04 Å². The highest BCUT2D eigenvalue weighted by molar-refractivity contribution is 7.89. The second-order valence-corrected chi connectivity index (χ2v) is 7.28. The highest BCUT2D eigenvalue weighted by Gasteiger charge is 2.50. The summed E-state index contributed by atoms with van der Waals surface area (Å²) in [5.41, 5.74) is 0. The van der Waals surface area contributed by atoms with Gasteiger partial charge in [0.2, 0.25) is 10.0 Å². The van der Waals surface area contributed by atoms with Gasteiger partial charge in [0.25, 0.3) is 0 Å². The highest BCUT2D eigenvalue weighted by atomic mass is 32.2. The Kier molecular flexibility index (Phi) is 3.96. The Balaban J connectivity index is 2.32. The molecular weight excluding hydrogens is 254 g/mol. The number of esters is 1. The molecule has 2 aliphatic rings. The van der Waals surface area contributed by atoms with E-state index in [1.165, 1.54) is 11.4 Å². The van der Waals surface area contributed by atoms with E-state index in [2.05, 4.69) is 0 Å². The molecule has 0 radical (unpaired) electrons. The average Bonchev–Trinajstić information content (AvgIpc) is 2.77. The number of ether oxygens (including phenoxy) is 1. The lowest BCUT2D eigenvalue weighted by Gasteiger charge is -2.32. The minimum Gasteiger partial charge on any atom is -0.468 e. The molecule has 0 aromatic rings. The lowest BCUT2D eigenvalue weighted by molar-refractivity contribution is -0.144. The van der Waals surface area contributed by atoms with E-state index in [4.69, 9.17) is 4.74 Å². The fourth-order valence-corrected chi connectivity index (χ4v) is 4.85. The third-order valence-corrected chi connectivity index (χ3v) is 6.09. The number of methoxy groups -OCH3 is 1. The lowest BCUT2D eigenvalue weighted by Crippen LogP contribution is -2.47. The highest BCUT2D eigenvalue weighted by Crippen LogP contribution is 2.41. The molecule has 3 atom stereocenters. The summed E-state index contributed by atoms with van der Waals surface area (Å²) < 4.78 is 30.6. The Labute approximate surface area is 109 Å². The number of rotatable bonds is 3. The monoisotopic (exact) mass is 275 g/mol. The first-order valence-electron chi connectivity index (χ1n) is 6.60. The van der Waals surface area contributed by atoms with Gasteiger partial charge in [0.05, 0.1) is 12.9 Å². The van der Waals surface area contributed by atoms with E-state index in [0.717, 1.165) is 25.7 Å². The molecule has 2 fully saturated rings. The Bertz CT molecular complexity index is 420. The van der Waals surface area contributed by atoms with Crippen molar-refractivity contribution in [2.45, 2.75) is 51.1 Å². The molecule has 0 N–H and O–H groups in total. The Morgan fingerprint density at radius 3 is 2.61 bits per heavy atom. The maximum Gasteiger partial charge on any atom is 0.324 e. The molecular formula is C12H21NO4S. The minimum atomic E-state index is -3.34. The Hall–Kier alpha value is -0.620. The molecule has 0 spiro atoms. The molecule has 104 valence electrons. The van der Waals surface area contributed by atoms with Gasteiger partial charge in [-0.05, 0) is 32.1 Å². The van der Waals surface area contributed by atoms with Crippen LogP contribution in [0.4, 0.5) is 0 Å². The van der Waals surface area contributed by atoms with Gasteiger partial charge in [-0.15, -0.1) is 0 Å². The van der Waals surface area contributed by atoms with Crippen molar-refractivity contribution in [1.29, 1.82) is 0 Å². The molecule has 0 amide bonds. The number of nitrogens with zero attached hydrogens (tertiary/aromatic N) is 1. The van der Waals surface area contributed by atoms with Crippen LogP contribution in [0, 0.1) is 5.92 Å². The lowest BCUT2D eigenvalue weighted by atomic mass is 9.85. The summed E-state index contributed by atoms with van der Waals surface area (Å²) in [6.45, 7) is 1.62. The van der Waals surface area contributed by atoms with Crippen LogP contribution in [0.15, 0.2) is 0 Å². The largest absolute Gasteiger partial charge is 0.468 e. The molecule has 1 aliphatic heterocycles. The van der Waals surface area contributed by atoms with Gasteiger partial charge in [0.15, 0.2) is 0 Å². The quantitative estimate of drug-likeness (QED) is 0.725. The van der Waals surface area contributed by atoms with Gasteiger partial charge < -0.3 is 4.74 Å². The molecule has 5 nitrogen and oxygen atoms in total. The van der Waals surface area contributed by atoms with Crippen LogP contribution in [0.2, 0.25) is 0 Å². The van der Waals surface area contributed by atoms with Crippen molar-refractivity contribution >= 4 is 16.0 Å². The van der Waals surface area contributed by atoms with Crippen LogP contribution in [-0.4, -0.2) is 43.6 Å². The summed E-state index contributed by atoms with van der Waals surface area (Å²) in [4.78, 5) is 11.8. The summed E-state index contributed by atoms with van der Waals surface area (Å²) >= 11 is 0. The van der Waals surface area contributed by atoms with Crippen molar-refractivity contribution in [3.8, 4) is 0 Å². The molecule has 18 heavy (non-hydrogen) atoms. The predicted molar refractivity (Wildman–Crippen MR) is 67.5 cm³/mol. The minimum absolute atomic E-state index is 0.00722. The van der Waals surface area contributed by atoms with E-state index in [1.807, 2.05) is 0 Å². The van der Waals surface area contributed by atoms with Crippen LogP contribution in [0.5, 0.6) is 0 Å². The normalized spacial score (nSPS) is 33.1. The first kappa shape index (κ1) is 13.8. The first-order valence-corrected chi connectivity index (χ1v) is 8.21. The standard InChI is InChI=1S/C12H21NO4S/c1-3-18(15,16)13-10-7-5-4-6-9(10)8-11(13)12(14)17-2/h9-11H,3-8H2,1-2H3/t9-,10+,11-/m0/s1. The fourth-order valence-electron chi connectivity index (χ4n) is 3.31. The van der Waals surface area contributed by atoms with Gasteiger partial charge in [0, 0.05) is 6.04 Å². The van der Waals surface area contributed by atoms with Crippen molar-refractivity contribution in [1.82, 2.24) is 4.31 Å². The maximum atomic E-state index is 12.2. The summed E-state index contributed by atoms with van der Waals surface area (Å²) in [6.07, 6.45) is 4.70. The Morgan fingerprint density at radius 2 is 2.00 bits per heavy atom. The zero-order valence-corrected chi connectivity index (χ0v) is 11.8. The predicted octanol–water partition coefficient (Wildman–Crippen LogP) is 1.14. The van der Waals surface area contributed by atoms with Gasteiger partial charge in [-0.2, -0.15) is 4.31 Å². The Morgan fingerprint density at radius 1 is 1.33 bits per heavy atom. The molecule has 0 aromatic heterocycles. The first-order chi connectivity index (χ1) is 8.51. The smallest absolute Gasteiger partial charge is 0.324 e. The third kappa shape index (κ3) is 2.28. The number of carbonyl (C=O) groups excluding carboxylic acids is 1. The van der Waals surface area contributed by atoms with Crippen LogP contribution in [0.1, 0.15) is 39.0 Å². The number of fused-ring (bicyclic) bond motifs is 1. The maximum absolute atomic E-state index is 12.2. The van der Waals surface area contributed by atoms with Crippen molar-refractivity contribution in [2.75, 3.05) is 12.9 Å². The molecule has 1 aliphatic carbocycles. The number of sulfonamides is 1. The van der Waals surface area contributed by atoms with E-state index in [9.17, 15) is 13.2 Å². The number of carbonyl (C=O) groups is 1. The second-order valence-electron chi connectivity index (χ2n) is 5.12. The molecule has 1 saturated carbocycles. The summed E-state index contributed by atoms with van der Waals surface area (Å²) in [6, 6.07) is -0.596. The van der Waals surface area contributed by atoms with E-state index < -0.39 is 22.0 Å². The molecule has 0 unspecified atom stereocenters. The van der Waals surface area contributed by atoms with Gasteiger partial charge in [-0.25, -0.2) is 8.42 Å². The van der Waals surface area contributed by atoms with E-state index >= 15 is 0 Å². The zero-order chi connectivity index (χ0) is 13.3. The van der Waals surface area contributed by atoms with Gasteiger partial charge in [-0.1, -0.05) is 12.8 Å². The SMILES string of the molecule is CCS(=O)(=O)N1[C@@H]2CCCC[C@H]2C[C@H]1C(=O)OC. The average molecular weight is 275 g/mol. The van der Waals surface area contributed by atoms with Gasteiger partial charge in [-0.3, -0.25) is 4.79 Å². The van der Waals surface area contributed by atoms with Gasteiger partial charge >= 0.3 is 5.97 Å². The van der Waals surface area contributed by atoms with Crippen LogP contribution in [-0.2, 0) is 19.6 Å². The van der Waals surface area contributed by atoms with Crippen molar-refractivity contribution < 1.29 is 17.9 Å². The molecule has 0 bridgehead atoms. The van der Waals surface area contributed by atoms with E-state index in [0.29, 0.717) is 12.3 Å². The van der Waals surface area contributed by atoms with Crippen molar-refractivity contribution in [2.24, 2.45) is 5.92 Å². The van der Waals surface area contributed by atoms with Crippen LogP contribution in [0.3, 0.4) is 0 Å². The number of hydrogen-bond acceptors (Lipinski definition) is 4. The fraction of sp³-hybridized carbons (Fsp3) is 0.917. The molecule has 1 saturated heterocycles. The molecule has 0 aromatic carbocycles. The summed E-state index contributed by atoms with van der Waals surface area (Å²) in [7, 11) is -2.02. The second kappa shape index (κ2) is 5.17. The molecule has 2 rings (SSSR count). The topological polar surface area (TPSA) is 63.7 Å². The van der Waals surface area contributed by atoms with E-state index in [-0.39, 0.29) is 11.8 Å². The van der Waals surface area contributed by atoms with Crippen molar-refractivity contribution in [3.05, 3.63) is 0 Å². The van der Waals surface area contributed by atoms with Crippen LogP contribution >= 0.6 is 0 Å². The zero-order valence-electron chi connectivity index (χ0n) is 11.0. The van der Waals surface area contributed by atoms with Crippen LogP contribution < -0.4 is 0 Å². The summed E-state index contributed by atoms with van der Waals surface area (Å²) in [5, 5.41) is 0. The van der Waals surface area contributed by atoms with Crippen molar-refractivity contribution in [3.63, 3.8) is 0 Å². The van der Waals surface area contributed by atoms with Crippen LogP contribution in [0.25, 0.3) is 0 Å². The number of hydrogen-bond donors (Lipinski definition) is 0. The molecule has 6 heteroatoms. The summed E-state index contributed by atoms with van der Waals surface area (Å²) in [5.74, 6) is -0.0467. The third-order valence-electron chi connectivity index (χ3n) is 4.19.